The topological polar surface area (TPSA) is 110 Å². The van der Waals surface area contributed by atoms with Crippen LogP contribution in [0.25, 0.3) is 0 Å². The van der Waals surface area contributed by atoms with E-state index in [0.29, 0.717) is 6.54 Å². The molecule has 0 aliphatic carbocycles. The molecule has 0 fully saturated rings. The molecule has 1 rings (SSSR count). The normalized spacial score (nSPS) is 11.6. The third-order valence-electron chi connectivity index (χ3n) is 2.53. The van der Waals surface area contributed by atoms with Crippen LogP contribution in [-0.2, 0) is 10.0 Å². The average Bonchev–Trinajstić information content (AvgIpc) is 2.27. The molecule has 0 bridgehead atoms. The van der Waals surface area contributed by atoms with Crippen LogP contribution < -0.4 is 10.1 Å². The Bertz CT molecular complexity index is 585. The number of sulfonamides is 1. The third kappa shape index (κ3) is 3.19. The second-order valence-electron chi connectivity index (χ2n) is 3.99. The summed E-state index contributed by atoms with van der Waals surface area (Å²) < 4.78 is 22.9. The SMILES string of the molecule is CCN(c1cccc(S(N)(=O)=O)c1[N+](=O)[O-])N(C)C. The third-order valence-corrected chi connectivity index (χ3v) is 3.47. The number of benzene rings is 1. The number of hydrogen-bond acceptors (Lipinski definition) is 6. The van der Waals surface area contributed by atoms with Crippen molar-refractivity contribution in [3.63, 3.8) is 0 Å². The van der Waals surface area contributed by atoms with Crippen molar-refractivity contribution in [3.8, 4) is 0 Å². The van der Waals surface area contributed by atoms with E-state index < -0.39 is 25.5 Å². The second-order valence-corrected chi connectivity index (χ2v) is 5.52. The summed E-state index contributed by atoms with van der Waals surface area (Å²) in [6.07, 6.45) is 0. The largest absolute Gasteiger partial charge is 0.313 e. The van der Waals surface area contributed by atoms with Crippen molar-refractivity contribution in [2.45, 2.75) is 11.8 Å². The maximum atomic E-state index is 11.4. The molecule has 19 heavy (non-hydrogen) atoms. The van der Waals surface area contributed by atoms with Gasteiger partial charge in [-0.15, -0.1) is 0 Å². The van der Waals surface area contributed by atoms with Crippen molar-refractivity contribution in [1.29, 1.82) is 0 Å². The van der Waals surface area contributed by atoms with Crippen LogP contribution >= 0.6 is 0 Å². The molecule has 8 nitrogen and oxygen atoms in total. The fraction of sp³-hybridized carbons (Fsp3) is 0.400. The summed E-state index contributed by atoms with van der Waals surface area (Å²) in [5.41, 5.74) is -0.329. The summed E-state index contributed by atoms with van der Waals surface area (Å²) in [4.78, 5) is 9.95. The van der Waals surface area contributed by atoms with Crippen LogP contribution in [0.5, 0.6) is 0 Å². The number of nitro benzene ring substituents is 1. The number of hydrogen-bond donors (Lipinski definition) is 1. The van der Waals surface area contributed by atoms with E-state index in [9.17, 15) is 18.5 Å². The number of para-hydroxylation sites is 1. The second kappa shape index (κ2) is 5.51. The minimum Gasteiger partial charge on any atom is -0.300 e. The Morgan fingerprint density at radius 3 is 2.32 bits per heavy atom. The highest BCUT2D eigenvalue weighted by atomic mass is 32.2. The zero-order chi connectivity index (χ0) is 14.8. The molecule has 2 N–H and O–H groups in total. The molecule has 0 amide bonds. The molecule has 1 aromatic rings. The fourth-order valence-corrected chi connectivity index (χ4v) is 2.52. The van der Waals surface area contributed by atoms with Crippen molar-refractivity contribution >= 4 is 21.4 Å². The molecule has 0 unspecified atom stereocenters. The first kappa shape index (κ1) is 15.3. The van der Waals surface area contributed by atoms with E-state index in [1.807, 2.05) is 0 Å². The fourth-order valence-electron chi connectivity index (χ4n) is 1.80. The van der Waals surface area contributed by atoms with Crippen LogP contribution in [0.2, 0.25) is 0 Å². The number of nitrogens with two attached hydrogens (primary N) is 1. The summed E-state index contributed by atoms with van der Waals surface area (Å²) in [6, 6.07) is 4.03. The standard InChI is InChI=1S/C10H16N4O4S/c1-4-13(12(2)3)8-6-5-7-9(19(11,17)18)10(8)14(15)16/h5-7H,4H2,1-3H3,(H2,11,17,18). The highest BCUT2D eigenvalue weighted by molar-refractivity contribution is 7.89. The van der Waals surface area contributed by atoms with Gasteiger partial charge in [-0.2, -0.15) is 0 Å². The van der Waals surface area contributed by atoms with Crippen molar-refractivity contribution in [3.05, 3.63) is 28.3 Å². The van der Waals surface area contributed by atoms with Crippen LogP contribution in [0.15, 0.2) is 23.1 Å². The lowest BCUT2D eigenvalue weighted by Gasteiger charge is -2.29. The Hall–Kier alpha value is -1.71. The summed E-state index contributed by atoms with van der Waals surface area (Å²) >= 11 is 0. The van der Waals surface area contributed by atoms with E-state index >= 15 is 0 Å². The first-order valence-corrected chi connectivity index (χ1v) is 6.99. The molecule has 106 valence electrons. The van der Waals surface area contributed by atoms with Gasteiger partial charge >= 0.3 is 5.69 Å². The van der Waals surface area contributed by atoms with Crippen LogP contribution in [0, 0.1) is 10.1 Å². The predicted molar refractivity (Wildman–Crippen MR) is 71.2 cm³/mol. The quantitative estimate of drug-likeness (QED) is 0.625. The van der Waals surface area contributed by atoms with Gasteiger partial charge in [0.15, 0.2) is 4.90 Å². The Balaban J connectivity index is 3.62. The molecule has 0 atom stereocenters. The van der Waals surface area contributed by atoms with Crippen molar-refractivity contribution in [2.75, 3.05) is 25.6 Å². The lowest BCUT2D eigenvalue weighted by Crippen LogP contribution is -2.37. The molecule has 0 spiro atoms. The smallest absolute Gasteiger partial charge is 0.300 e. The number of rotatable bonds is 5. The molecule has 0 aliphatic heterocycles. The summed E-state index contributed by atoms with van der Waals surface area (Å²) in [5.74, 6) is 0. The van der Waals surface area contributed by atoms with Gasteiger partial charge in [-0.1, -0.05) is 6.07 Å². The molecular weight excluding hydrogens is 272 g/mol. The molecule has 0 heterocycles. The minimum atomic E-state index is -4.16. The van der Waals surface area contributed by atoms with Gasteiger partial charge in [-0.05, 0) is 19.1 Å². The van der Waals surface area contributed by atoms with E-state index in [-0.39, 0.29) is 5.69 Å². The summed E-state index contributed by atoms with van der Waals surface area (Å²) in [5, 5.41) is 19.4. The van der Waals surface area contributed by atoms with Gasteiger partial charge in [0.05, 0.1) is 4.92 Å². The lowest BCUT2D eigenvalue weighted by molar-refractivity contribution is -0.387. The highest BCUT2D eigenvalue weighted by Gasteiger charge is 2.29. The van der Waals surface area contributed by atoms with Gasteiger partial charge < -0.3 is 5.01 Å². The molecule has 1 aromatic carbocycles. The monoisotopic (exact) mass is 288 g/mol. The van der Waals surface area contributed by atoms with Gasteiger partial charge in [0, 0.05) is 20.6 Å². The first-order chi connectivity index (χ1) is 8.70. The summed E-state index contributed by atoms with van der Waals surface area (Å²) in [6.45, 7) is 2.25. The predicted octanol–water partition coefficient (Wildman–Crippen LogP) is 0.545. The van der Waals surface area contributed by atoms with Crippen LogP contribution in [0.3, 0.4) is 0 Å². The van der Waals surface area contributed by atoms with Gasteiger partial charge in [0.1, 0.15) is 5.69 Å². The number of primary sulfonamides is 1. The zero-order valence-corrected chi connectivity index (χ0v) is 11.7. The Morgan fingerprint density at radius 1 is 1.37 bits per heavy atom. The van der Waals surface area contributed by atoms with Crippen LogP contribution in [-0.4, -0.2) is 39.0 Å². The van der Waals surface area contributed by atoms with E-state index in [4.69, 9.17) is 5.14 Å². The van der Waals surface area contributed by atoms with Gasteiger partial charge in [0.2, 0.25) is 10.0 Å². The molecular formula is C10H16N4O4S. The Morgan fingerprint density at radius 2 is 1.95 bits per heavy atom. The average molecular weight is 288 g/mol. The summed E-state index contributed by atoms with van der Waals surface area (Å²) in [7, 11) is -0.745. The maximum absolute atomic E-state index is 11.4. The van der Waals surface area contributed by atoms with E-state index in [1.54, 1.807) is 31.0 Å². The minimum absolute atomic E-state index is 0.184. The number of hydrazine groups is 1. The van der Waals surface area contributed by atoms with Gasteiger partial charge in [-0.25, -0.2) is 18.6 Å². The molecule has 0 saturated heterocycles. The van der Waals surface area contributed by atoms with Crippen LogP contribution in [0.4, 0.5) is 11.4 Å². The molecule has 0 radical (unpaired) electrons. The molecule has 0 aromatic heterocycles. The lowest BCUT2D eigenvalue weighted by atomic mass is 10.2. The maximum Gasteiger partial charge on any atom is 0.313 e. The van der Waals surface area contributed by atoms with Crippen molar-refractivity contribution < 1.29 is 13.3 Å². The molecule has 0 saturated carbocycles. The Labute approximate surface area is 111 Å². The van der Waals surface area contributed by atoms with Crippen LogP contribution in [0.1, 0.15) is 6.92 Å². The van der Waals surface area contributed by atoms with Gasteiger partial charge in [0.25, 0.3) is 0 Å². The number of nitrogens with zero attached hydrogens (tertiary/aromatic N) is 3. The van der Waals surface area contributed by atoms with Gasteiger partial charge in [-0.3, -0.25) is 10.1 Å². The zero-order valence-electron chi connectivity index (χ0n) is 10.9. The molecule has 0 aliphatic rings. The van der Waals surface area contributed by atoms with E-state index in [0.717, 1.165) is 6.07 Å². The first-order valence-electron chi connectivity index (χ1n) is 5.45. The highest BCUT2D eigenvalue weighted by Crippen LogP contribution is 2.34. The Kier molecular flexibility index (Phi) is 4.45. The van der Waals surface area contributed by atoms with Crippen molar-refractivity contribution in [2.24, 2.45) is 5.14 Å². The van der Waals surface area contributed by atoms with E-state index in [2.05, 4.69) is 0 Å². The number of anilines is 1. The molecule has 9 heteroatoms. The number of nitro groups is 1. The van der Waals surface area contributed by atoms with E-state index in [1.165, 1.54) is 12.1 Å². The van der Waals surface area contributed by atoms with Crippen molar-refractivity contribution in [1.82, 2.24) is 5.01 Å².